The van der Waals surface area contributed by atoms with Crippen molar-refractivity contribution in [2.45, 2.75) is 164 Å². The van der Waals surface area contributed by atoms with E-state index in [9.17, 15) is 0 Å². The van der Waals surface area contributed by atoms with Crippen molar-refractivity contribution in [1.82, 2.24) is 0 Å². The maximum Gasteiger partial charge on any atom is 0.0126 e. The van der Waals surface area contributed by atoms with Crippen LogP contribution in [0.25, 0.3) is 0 Å². The maximum atomic E-state index is 2.80. The Bertz CT molecular complexity index is 667. The monoisotopic (exact) mass is 504 g/mol. The third-order valence-corrected chi connectivity index (χ3v) is 18.3. The van der Waals surface area contributed by atoms with Crippen molar-refractivity contribution in [3.8, 4) is 0 Å². The van der Waals surface area contributed by atoms with Gasteiger partial charge in [-0.25, -0.2) is 0 Å². The zero-order chi connectivity index (χ0) is 22.5. The van der Waals surface area contributed by atoms with Gasteiger partial charge in [0.15, 0.2) is 0 Å². The Kier molecular flexibility index (Phi) is 9.70. The van der Waals surface area contributed by atoms with Gasteiger partial charge in [-0.3, -0.25) is 0 Å². The lowest BCUT2D eigenvalue weighted by atomic mass is 9.99. The van der Waals surface area contributed by atoms with Gasteiger partial charge in [0.05, 0.1) is 0 Å². The van der Waals surface area contributed by atoms with Crippen molar-refractivity contribution < 1.29 is 0 Å². The first-order chi connectivity index (χ1) is 16.4. The normalized spacial score (nSPS) is 25.3. The molecule has 0 radical (unpaired) electrons. The molecule has 5 rings (SSSR count). The van der Waals surface area contributed by atoms with Crippen LogP contribution >= 0.6 is 27.2 Å². The summed E-state index contributed by atoms with van der Waals surface area (Å²) < 4.78 is 0. The van der Waals surface area contributed by atoms with Crippen molar-refractivity contribution in [2.75, 3.05) is 0 Å². The smallest absolute Gasteiger partial charge is 0.0126 e. The molecule has 0 amide bonds. The second-order valence-corrected chi connectivity index (χ2v) is 18.2. The van der Waals surface area contributed by atoms with Crippen LogP contribution in [0.1, 0.15) is 140 Å². The number of aryl methyl sites for hydroxylation is 1. The molecule has 0 spiro atoms. The summed E-state index contributed by atoms with van der Waals surface area (Å²) in [5, 5.41) is 6.89. The molecule has 4 aliphatic rings. The Hall–Kier alpha value is 0.560. The van der Waals surface area contributed by atoms with Gasteiger partial charge in [0, 0.05) is 4.88 Å². The highest BCUT2D eigenvalue weighted by Crippen LogP contribution is 2.60. The fourth-order valence-corrected chi connectivity index (χ4v) is 18.2. The number of thiophene rings is 1. The fourth-order valence-electron chi connectivity index (χ4n) is 7.88. The van der Waals surface area contributed by atoms with Crippen LogP contribution in [-0.2, 0) is 6.42 Å². The van der Waals surface area contributed by atoms with E-state index in [2.05, 4.69) is 28.9 Å². The van der Waals surface area contributed by atoms with E-state index in [1.165, 1.54) is 83.5 Å². The minimum atomic E-state index is 0.0496. The summed E-state index contributed by atoms with van der Waals surface area (Å²) in [5.74, 6) is 0. The Balaban J connectivity index is 1.55. The molecule has 1 heterocycles. The molecule has 0 bridgehead atoms. The van der Waals surface area contributed by atoms with Crippen LogP contribution in [-0.4, -0.2) is 22.6 Å². The molecule has 0 N–H and O–H groups in total. The zero-order valence-corrected chi connectivity index (χ0v) is 24.1. The first kappa shape index (κ1) is 25.2. The van der Waals surface area contributed by atoms with Crippen LogP contribution in [0.3, 0.4) is 0 Å². The number of hydrogen-bond acceptors (Lipinski definition) is 1. The summed E-state index contributed by atoms with van der Waals surface area (Å²) in [6.07, 6.45) is 32.0. The first-order valence-corrected chi connectivity index (χ1v) is 18.9. The van der Waals surface area contributed by atoms with E-state index in [1.807, 2.05) is 10.2 Å². The Morgan fingerprint density at radius 1 is 0.576 bits per heavy atom. The summed E-state index contributed by atoms with van der Waals surface area (Å²) in [6, 6.07) is 0. The summed E-state index contributed by atoms with van der Waals surface area (Å²) >= 11 is 2.22. The first-order valence-electron chi connectivity index (χ1n) is 15.0. The predicted octanol–water partition coefficient (Wildman–Crippen LogP) is 9.86. The largest absolute Gasteiger partial charge is 0.148 e. The van der Waals surface area contributed by atoms with Crippen molar-refractivity contribution in [3.05, 3.63) is 10.3 Å². The third kappa shape index (κ3) is 5.94. The summed E-state index contributed by atoms with van der Waals surface area (Å²) in [5.41, 5.74) is 4.24. The van der Waals surface area contributed by atoms with Crippen molar-refractivity contribution in [2.24, 2.45) is 0 Å². The summed E-state index contributed by atoms with van der Waals surface area (Å²) in [4.78, 5) is 1.85. The minimum Gasteiger partial charge on any atom is -0.148 e. The zero-order valence-electron chi connectivity index (χ0n) is 21.5. The molecule has 1 aromatic heterocycles. The quantitative estimate of drug-likeness (QED) is 0.324. The number of rotatable bonds is 7. The van der Waals surface area contributed by atoms with Gasteiger partial charge < -0.3 is 0 Å². The lowest BCUT2D eigenvalue weighted by molar-refractivity contribution is 0.486. The van der Waals surface area contributed by atoms with Crippen molar-refractivity contribution in [3.63, 3.8) is 0 Å². The average Bonchev–Trinajstić information content (AvgIpc) is 3.30. The van der Waals surface area contributed by atoms with E-state index >= 15 is 0 Å². The van der Waals surface area contributed by atoms with Crippen LogP contribution in [0, 0.1) is 0 Å². The van der Waals surface area contributed by atoms with Gasteiger partial charge in [-0.1, -0.05) is 99.8 Å². The maximum absolute atomic E-state index is 2.80. The second-order valence-electron chi connectivity index (χ2n) is 11.7. The molecule has 0 atom stereocenters. The molecule has 1 aromatic rings. The van der Waals surface area contributed by atoms with Gasteiger partial charge in [0.25, 0.3) is 0 Å². The predicted molar refractivity (Wildman–Crippen MR) is 154 cm³/mol. The van der Waals surface area contributed by atoms with Crippen LogP contribution in [0.2, 0.25) is 0 Å². The highest BCUT2D eigenvalue weighted by molar-refractivity contribution is 7.74. The topological polar surface area (TPSA) is 0 Å². The van der Waals surface area contributed by atoms with Gasteiger partial charge in [-0.2, -0.15) is 0 Å². The molecule has 4 saturated carbocycles. The number of hydrogen-bond donors (Lipinski definition) is 0. The molecule has 186 valence electrons. The molecule has 33 heavy (non-hydrogen) atoms. The van der Waals surface area contributed by atoms with Gasteiger partial charge >= 0.3 is 0 Å². The lowest BCUT2D eigenvalue weighted by Gasteiger charge is -2.43. The Morgan fingerprint density at radius 3 is 1.30 bits per heavy atom. The second kappa shape index (κ2) is 12.7. The van der Waals surface area contributed by atoms with Gasteiger partial charge in [0.1, 0.15) is 0 Å². The lowest BCUT2D eigenvalue weighted by Crippen LogP contribution is -2.36. The molecule has 4 fully saturated rings. The van der Waals surface area contributed by atoms with E-state index in [1.54, 1.807) is 51.4 Å². The van der Waals surface area contributed by atoms with E-state index in [4.69, 9.17) is 0 Å². The molecule has 0 aliphatic heterocycles. The van der Waals surface area contributed by atoms with Crippen LogP contribution in [0.4, 0.5) is 0 Å². The van der Waals surface area contributed by atoms with Crippen LogP contribution in [0.15, 0.2) is 5.38 Å². The van der Waals surface area contributed by atoms with E-state index < -0.39 is 0 Å². The third-order valence-electron chi connectivity index (χ3n) is 9.55. The molecule has 4 aliphatic carbocycles. The molecular weight excluding hydrogens is 454 g/mol. The minimum absolute atomic E-state index is 0.0496. The molecule has 0 nitrogen and oxygen atoms in total. The fraction of sp³-hybridized carbons (Fsp3) is 0.867. The SMILES string of the molecule is CCc1scc(P(C2CCCCC2)C2CCCCC2)c1P(C1CCCCC1)C1CCCCC1. The van der Waals surface area contributed by atoms with E-state index in [0.29, 0.717) is 0 Å². The molecule has 0 saturated heterocycles. The highest BCUT2D eigenvalue weighted by atomic mass is 32.1. The molecule has 0 unspecified atom stereocenters. The Morgan fingerprint density at radius 2 is 0.939 bits per heavy atom. The van der Waals surface area contributed by atoms with Gasteiger partial charge in [-0.15, -0.1) is 11.3 Å². The van der Waals surface area contributed by atoms with Gasteiger partial charge in [-0.05, 0) is 96.4 Å². The summed E-state index contributed by atoms with van der Waals surface area (Å²) in [6.45, 7) is 2.48. The van der Waals surface area contributed by atoms with E-state index in [-0.39, 0.29) is 15.8 Å². The van der Waals surface area contributed by atoms with Crippen LogP contribution in [0.5, 0.6) is 0 Å². The van der Waals surface area contributed by atoms with E-state index in [0.717, 1.165) is 22.6 Å². The Labute approximate surface area is 212 Å². The standard InChI is InChI=1S/C30H50P2S/c1-2-29-30(32(26-19-11-5-12-20-26)27-21-13-6-14-22-27)28(23-33-29)31(24-15-7-3-8-16-24)25-17-9-4-10-18-25/h23-27H,2-22H2,1H3. The highest BCUT2D eigenvalue weighted by Gasteiger charge is 2.40. The molecule has 3 heteroatoms. The average molecular weight is 505 g/mol. The van der Waals surface area contributed by atoms with Crippen molar-refractivity contribution in [1.29, 1.82) is 0 Å². The summed E-state index contributed by atoms with van der Waals surface area (Å²) in [7, 11) is 0.104. The van der Waals surface area contributed by atoms with Crippen LogP contribution < -0.4 is 10.6 Å². The van der Waals surface area contributed by atoms with Gasteiger partial charge in [0.2, 0.25) is 0 Å². The molecule has 0 aromatic carbocycles. The van der Waals surface area contributed by atoms with Crippen molar-refractivity contribution >= 4 is 37.8 Å². The molecular formula is C30H50P2S.